The number of amides is 1. The lowest BCUT2D eigenvalue weighted by Gasteiger charge is -2.20. The van der Waals surface area contributed by atoms with Gasteiger partial charge in [0.2, 0.25) is 10.0 Å². The number of aromatic amines is 1. The maximum absolute atomic E-state index is 12.3. The van der Waals surface area contributed by atoms with E-state index >= 15 is 0 Å². The van der Waals surface area contributed by atoms with Crippen molar-refractivity contribution in [2.45, 2.75) is 4.90 Å². The summed E-state index contributed by atoms with van der Waals surface area (Å²) in [6, 6.07) is 7.59. The Morgan fingerprint density at radius 2 is 1.85 bits per heavy atom. The molecule has 0 radical (unpaired) electrons. The van der Waals surface area contributed by atoms with E-state index in [9.17, 15) is 18.0 Å². The molecule has 0 saturated heterocycles. The lowest BCUT2D eigenvalue weighted by Crippen LogP contribution is -2.24. The minimum absolute atomic E-state index is 0.0387. The predicted octanol–water partition coefficient (Wildman–Crippen LogP) is 1.13. The summed E-state index contributed by atoms with van der Waals surface area (Å²) in [5, 5.41) is 2.59. The largest absolute Gasteiger partial charge is 0.451 e. The second-order valence-electron chi connectivity index (χ2n) is 6.07. The van der Waals surface area contributed by atoms with Crippen LogP contribution in [0.3, 0.4) is 0 Å². The molecule has 0 aliphatic heterocycles. The van der Waals surface area contributed by atoms with Gasteiger partial charge < -0.3 is 19.9 Å². The van der Waals surface area contributed by atoms with E-state index in [1.54, 1.807) is 37.3 Å². The molecule has 9 nitrogen and oxygen atoms in total. The Bertz CT molecular complexity index is 921. The Kier molecular flexibility index (Phi) is 6.24. The summed E-state index contributed by atoms with van der Waals surface area (Å²) in [6.45, 7) is -0.505. The van der Waals surface area contributed by atoms with Gasteiger partial charge in [0, 0.05) is 34.4 Å². The monoisotopic (exact) mass is 394 g/mol. The summed E-state index contributed by atoms with van der Waals surface area (Å²) >= 11 is 0. The number of nitrogens with zero attached hydrogens (tertiary/aromatic N) is 2. The van der Waals surface area contributed by atoms with Crippen LogP contribution in [0.4, 0.5) is 11.4 Å². The van der Waals surface area contributed by atoms with Crippen molar-refractivity contribution >= 4 is 33.3 Å². The van der Waals surface area contributed by atoms with E-state index < -0.39 is 28.5 Å². The molecule has 1 amide bonds. The van der Waals surface area contributed by atoms with Crippen LogP contribution in [0.1, 0.15) is 10.5 Å². The second-order valence-corrected chi connectivity index (χ2v) is 8.22. The quantitative estimate of drug-likeness (QED) is 0.681. The molecule has 0 atom stereocenters. The lowest BCUT2D eigenvalue weighted by molar-refractivity contribution is -0.119. The second kappa shape index (κ2) is 8.23. The molecule has 2 aromatic rings. The Morgan fingerprint density at radius 1 is 1.15 bits per heavy atom. The summed E-state index contributed by atoms with van der Waals surface area (Å²) in [5.41, 5.74) is 1.14. The van der Waals surface area contributed by atoms with Crippen LogP contribution >= 0.6 is 0 Å². The molecule has 1 aromatic heterocycles. The van der Waals surface area contributed by atoms with Crippen LogP contribution in [0, 0.1) is 0 Å². The first-order valence-electron chi connectivity index (χ1n) is 7.97. The first-order chi connectivity index (χ1) is 12.6. The molecule has 0 unspecified atom stereocenters. The number of carbonyl (C=O) groups excluding carboxylic acids is 2. The average Bonchev–Trinajstić information content (AvgIpc) is 3.14. The van der Waals surface area contributed by atoms with Gasteiger partial charge in [0.05, 0.1) is 16.3 Å². The molecule has 1 heterocycles. The number of H-pyrrole nitrogens is 1. The molecule has 146 valence electrons. The number of hydrogen-bond acceptors (Lipinski definition) is 6. The van der Waals surface area contributed by atoms with Crippen LogP contribution in [-0.4, -0.2) is 64.4 Å². The van der Waals surface area contributed by atoms with E-state index in [1.807, 2.05) is 0 Å². The van der Waals surface area contributed by atoms with Gasteiger partial charge in [-0.2, -0.15) is 0 Å². The van der Waals surface area contributed by atoms with Crippen molar-refractivity contribution in [3.63, 3.8) is 0 Å². The first-order valence-corrected chi connectivity index (χ1v) is 9.41. The van der Waals surface area contributed by atoms with Crippen LogP contribution in [0.15, 0.2) is 41.4 Å². The third-order valence-electron chi connectivity index (χ3n) is 3.65. The number of carbonyl (C=O) groups is 2. The highest BCUT2D eigenvalue weighted by atomic mass is 32.2. The normalized spacial score (nSPS) is 11.3. The molecular formula is C17H22N4O5S. The van der Waals surface area contributed by atoms with Gasteiger partial charge >= 0.3 is 5.97 Å². The smallest absolute Gasteiger partial charge is 0.355 e. The number of rotatable bonds is 7. The lowest BCUT2D eigenvalue weighted by atomic mass is 10.2. The average molecular weight is 394 g/mol. The number of nitrogens with one attached hydrogen (secondary N) is 2. The van der Waals surface area contributed by atoms with E-state index in [-0.39, 0.29) is 10.6 Å². The maximum atomic E-state index is 12.3. The fourth-order valence-electron chi connectivity index (χ4n) is 2.23. The number of esters is 1. The molecule has 0 spiro atoms. The third kappa shape index (κ3) is 4.86. The summed E-state index contributed by atoms with van der Waals surface area (Å²) in [5.74, 6) is -1.25. The molecule has 0 bridgehead atoms. The highest BCUT2D eigenvalue weighted by molar-refractivity contribution is 7.89. The Hall–Kier alpha value is -2.85. The fourth-order valence-corrected chi connectivity index (χ4v) is 3.16. The highest BCUT2D eigenvalue weighted by Crippen LogP contribution is 2.28. The highest BCUT2D eigenvalue weighted by Gasteiger charge is 2.20. The molecule has 0 aliphatic carbocycles. The minimum atomic E-state index is -3.66. The van der Waals surface area contributed by atoms with Crippen LogP contribution in [0.25, 0.3) is 0 Å². The maximum Gasteiger partial charge on any atom is 0.355 e. The van der Waals surface area contributed by atoms with Crippen LogP contribution in [0.5, 0.6) is 0 Å². The SMILES string of the molecule is CN(C)c1ccc(S(=O)(=O)N(C)C)cc1NC(=O)COC(=O)c1ccc[nH]1. The van der Waals surface area contributed by atoms with Crippen molar-refractivity contribution in [1.29, 1.82) is 0 Å². The number of sulfonamides is 1. The number of anilines is 2. The number of hydrogen-bond donors (Lipinski definition) is 2. The summed E-state index contributed by atoms with van der Waals surface area (Å²) in [4.78, 5) is 28.4. The molecule has 2 N–H and O–H groups in total. The standard InChI is InChI=1S/C17H22N4O5S/c1-20(2)15-8-7-12(27(24,25)21(3)4)10-14(15)19-16(22)11-26-17(23)13-6-5-9-18-13/h5-10,18H,11H2,1-4H3,(H,19,22). The molecule has 2 rings (SSSR count). The Balaban J connectivity index is 2.17. The fraction of sp³-hybridized carbons (Fsp3) is 0.294. The van der Waals surface area contributed by atoms with E-state index in [0.717, 1.165) is 4.31 Å². The van der Waals surface area contributed by atoms with E-state index in [2.05, 4.69) is 10.3 Å². The molecule has 10 heteroatoms. The van der Waals surface area contributed by atoms with E-state index in [4.69, 9.17) is 4.74 Å². The summed E-state index contributed by atoms with van der Waals surface area (Å²) in [6.07, 6.45) is 1.57. The summed E-state index contributed by atoms with van der Waals surface area (Å²) in [7, 11) is 2.71. The summed E-state index contributed by atoms with van der Waals surface area (Å²) < 4.78 is 30.7. The number of benzene rings is 1. The zero-order valence-electron chi connectivity index (χ0n) is 15.5. The molecule has 0 aliphatic rings. The molecule has 0 saturated carbocycles. The first kappa shape index (κ1) is 20.5. The van der Waals surface area contributed by atoms with Gasteiger partial charge in [-0.05, 0) is 30.3 Å². The van der Waals surface area contributed by atoms with Crippen LogP contribution in [0.2, 0.25) is 0 Å². The van der Waals surface area contributed by atoms with Crippen molar-refractivity contribution in [3.05, 3.63) is 42.2 Å². The van der Waals surface area contributed by atoms with Crippen molar-refractivity contribution in [2.75, 3.05) is 45.0 Å². The van der Waals surface area contributed by atoms with Gasteiger partial charge in [0.1, 0.15) is 5.69 Å². The zero-order chi connectivity index (χ0) is 20.2. The minimum Gasteiger partial charge on any atom is -0.451 e. The van der Waals surface area contributed by atoms with Gasteiger partial charge in [-0.3, -0.25) is 4.79 Å². The topological polar surface area (TPSA) is 112 Å². The van der Waals surface area contributed by atoms with E-state index in [1.165, 1.54) is 32.3 Å². The van der Waals surface area contributed by atoms with Gasteiger partial charge in [0.15, 0.2) is 6.61 Å². The zero-order valence-corrected chi connectivity index (χ0v) is 16.3. The molecule has 27 heavy (non-hydrogen) atoms. The van der Waals surface area contributed by atoms with Crippen LogP contribution < -0.4 is 10.2 Å². The van der Waals surface area contributed by atoms with Gasteiger partial charge in [0.25, 0.3) is 5.91 Å². The van der Waals surface area contributed by atoms with Gasteiger partial charge in [-0.25, -0.2) is 17.5 Å². The predicted molar refractivity (Wildman–Crippen MR) is 101 cm³/mol. The third-order valence-corrected chi connectivity index (χ3v) is 5.47. The molecule has 0 fully saturated rings. The molecule has 1 aromatic carbocycles. The van der Waals surface area contributed by atoms with Gasteiger partial charge in [-0.1, -0.05) is 0 Å². The van der Waals surface area contributed by atoms with E-state index in [0.29, 0.717) is 11.4 Å². The van der Waals surface area contributed by atoms with Gasteiger partial charge in [-0.15, -0.1) is 0 Å². The Labute approximate surface area is 158 Å². The van der Waals surface area contributed by atoms with Crippen molar-refractivity contribution in [2.24, 2.45) is 0 Å². The van der Waals surface area contributed by atoms with Crippen molar-refractivity contribution in [3.8, 4) is 0 Å². The number of ether oxygens (including phenoxy) is 1. The molecular weight excluding hydrogens is 372 g/mol. The van der Waals surface area contributed by atoms with Crippen molar-refractivity contribution in [1.82, 2.24) is 9.29 Å². The number of aromatic nitrogens is 1. The van der Waals surface area contributed by atoms with Crippen molar-refractivity contribution < 1.29 is 22.7 Å². The Morgan fingerprint density at radius 3 is 2.41 bits per heavy atom. The van der Waals surface area contributed by atoms with Crippen LogP contribution in [-0.2, 0) is 19.6 Å².